The first-order valence-electron chi connectivity index (χ1n) is 18.0. The molecule has 0 N–H and O–H groups in total. The molecule has 6 aromatic rings. The van der Waals surface area contributed by atoms with Gasteiger partial charge in [0.1, 0.15) is 59.4 Å². The third kappa shape index (κ3) is 9.19. The number of methoxy groups -OCH3 is 3. The first-order chi connectivity index (χ1) is 27.0. The lowest BCUT2D eigenvalue weighted by Gasteiger charge is -2.29. The van der Waals surface area contributed by atoms with Crippen molar-refractivity contribution in [1.29, 1.82) is 0 Å². The van der Waals surface area contributed by atoms with E-state index in [2.05, 4.69) is 29.7 Å². The van der Waals surface area contributed by atoms with E-state index < -0.39 is 0 Å². The van der Waals surface area contributed by atoms with E-state index in [0.717, 1.165) is 82.0 Å². The lowest BCUT2D eigenvalue weighted by atomic mass is 10.1. The van der Waals surface area contributed by atoms with Crippen LogP contribution in [0.3, 0.4) is 0 Å². The minimum atomic E-state index is 0.387. The number of nitrogens with zero attached hydrogens (tertiary/aromatic N) is 6. The van der Waals surface area contributed by atoms with Gasteiger partial charge in [-0.3, -0.25) is 0 Å². The van der Waals surface area contributed by atoms with Crippen LogP contribution in [0.5, 0.6) is 28.9 Å². The maximum atomic E-state index is 6.34. The van der Waals surface area contributed by atoms with E-state index in [9.17, 15) is 0 Å². The molecule has 4 aromatic carbocycles. The fourth-order valence-electron chi connectivity index (χ4n) is 6.37. The maximum absolute atomic E-state index is 6.34. The smallest absolute Gasteiger partial charge is 0.228 e. The predicted octanol–water partition coefficient (Wildman–Crippen LogP) is 6.77. The molecule has 2 aromatic heterocycles. The van der Waals surface area contributed by atoms with Gasteiger partial charge in [0.15, 0.2) is 0 Å². The number of halogens is 1. The Bertz CT molecular complexity index is 2180. The zero-order valence-corrected chi connectivity index (χ0v) is 31.8. The maximum Gasteiger partial charge on any atom is 0.228 e. The number of morpholine rings is 2. The summed E-state index contributed by atoms with van der Waals surface area (Å²) >= 11 is 6.34. The number of anilines is 2. The van der Waals surface area contributed by atoms with Crippen LogP contribution in [0, 0.1) is 0 Å². The first kappa shape index (κ1) is 37.7. The molecule has 4 heterocycles. The SMILES string of the molecule is COc1ccc(COc2cc(N3CCOCC3)cc3ncnc(Cl)c23)cc1.COc1ccc(COc2cc(N3CCOCC3)cc3ncnc(OC)c23)cc1. The van der Waals surface area contributed by atoms with E-state index in [-0.39, 0.29) is 0 Å². The number of rotatable bonds is 11. The van der Waals surface area contributed by atoms with Gasteiger partial charge in [-0.2, -0.15) is 0 Å². The summed E-state index contributed by atoms with van der Waals surface area (Å²) < 4.78 is 39.1. The number of fused-ring (bicyclic) bond motifs is 2. The summed E-state index contributed by atoms with van der Waals surface area (Å²) in [6, 6.07) is 23.7. The average Bonchev–Trinajstić information content (AvgIpc) is 3.25. The molecule has 2 fully saturated rings. The summed E-state index contributed by atoms with van der Waals surface area (Å²) in [5.41, 5.74) is 5.74. The summed E-state index contributed by atoms with van der Waals surface area (Å²) in [7, 11) is 4.91. The number of aromatic nitrogens is 4. The fraction of sp³-hybridized carbons (Fsp3) is 0.317. The van der Waals surface area contributed by atoms with Crippen molar-refractivity contribution in [3.05, 3.63) is 102 Å². The first-order valence-corrected chi connectivity index (χ1v) is 18.3. The van der Waals surface area contributed by atoms with Gasteiger partial charge in [0, 0.05) is 49.7 Å². The normalized spacial score (nSPS) is 14.3. The van der Waals surface area contributed by atoms with Crippen molar-refractivity contribution in [3.63, 3.8) is 0 Å². The van der Waals surface area contributed by atoms with E-state index in [0.29, 0.717) is 62.2 Å². The summed E-state index contributed by atoms with van der Waals surface area (Å²) in [4.78, 5) is 21.7. The van der Waals surface area contributed by atoms with Crippen molar-refractivity contribution >= 4 is 44.8 Å². The van der Waals surface area contributed by atoms with Crippen LogP contribution in [0.2, 0.25) is 5.15 Å². The van der Waals surface area contributed by atoms with Crippen molar-refractivity contribution < 1.29 is 33.2 Å². The van der Waals surface area contributed by atoms with Crippen molar-refractivity contribution in [2.45, 2.75) is 13.2 Å². The summed E-state index contributed by atoms with van der Waals surface area (Å²) in [5, 5.41) is 1.89. The molecule has 0 amide bonds. The van der Waals surface area contributed by atoms with Crippen LogP contribution < -0.4 is 33.5 Å². The lowest BCUT2D eigenvalue weighted by molar-refractivity contribution is 0.122. The summed E-state index contributed by atoms with van der Waals surface area (Å²) in [6.45, 7) is 7.04. The van der Waals surface area contributed by atoms with Crippen molar-refractivity contribution in [2.75, 3.05) is 83.7 Å². The Balaban J connectivity index is 0.000000169. The molecule has 13 nitrogen and oxygen atoms in total. The van der Waals surface area contributed by atoms with Gasteiger partial charge in [0.25, 0.3) is 0 Å². The molecule has 0 spiro atoms. The zero-order valence-electron chi connectivity index (χ0n) is 31.1. The van der Waals surface area contributed by atoms with Crippen LogP contribution in [0.25, 0.3) is 21.8 Å². The molecule has 14 heteroatoms. The molecule has 55 heavy (non-hydrogen) atoms. The van der Waals surface area contributed by atoms with Gasteiger partial charge in [0.05, 0.1) is 64.2 Å². The van der Waals surface area contributed by atoms with Gasteiger partial charge in [-0.05, 0) is 47.5 Å². The highest BCUT2D eigenvalue weighted by molar-refractivity contribution is 6.34. The Kier molecular flexibility index (Phi) is 12.4. The molecular formula is C41H43ClN6O7. The molecule has 0 bridgehead atoms. The molecular weight excluding hydrogens is 724 g/mol. The van der Waals surface area contributed by atoms with Gasteiger partial charge in [-0.1, -0.05) is 35.9 Å². The zero-order chi connectivity index (χ0) is 38.0. The Morgan fingerprint density at radius 1 is 0.564 bits per heavy atom. The Morgan fingerprint density at radius 2 is 1.02 bits per heavy atom. The minimum Gasteiger partial charge on any atom is -0.497 e. The molecule has 0 aliphatic carbocycles. The standard InChI is InChI=1S/C21H23N3O4.C20H20ClN3O3/c1-25-17-5-3-15(4-6-17)13-28-19-12-16(24-7-9-27-10-8-24)11-18-20(19)21(26-2)23-14-22-18;1-25-16-4-2-14(3-5-16)12-27-18-11-15(24-6-8-26-9-7-24)10-17-19(18)20(21)23-13-22-17/h3-6,11-12,14H,7-10,13H2,1-2H3;2-5,10-11,13H,6-9,12H2,1H3. The molecule has 286 valence electrons. The molecule has 2 saturated heterocycles. The van der Waals surface area contributed by atoms with E-state index >= 15 is 0 Å². The molecule has 2 aliphatic heterocycles. The van der Waals surface area contributed by atoms with E-state index in [4.69, 9.17) is 44.8 Å². The van der Waals surface area contributed by atoms with Gasteiger partial charge in [-0.25, -0.2) is 19.9 Å². The third-order valence-electron chi connectivity index (χ3n) is 9.34. The van der Waals surface area contributed by atoms with Gasteiger partial charge in [-0.15, -0.1) is 0 Å². The molecule has 0 radical (unpaired) electrons. The van der Waals surface area contributed by atoms with Crippen molar-refractivity contribution in [3.8, 4) is 28.9 Å². The van der Waals surface area contributed by atoms with Crippen LogP contribution in [0.4, 0.5) is 11.4 Å². The van der Waals surface area contributed by atoms with E-state index in [1.807, 2.05) is 72.8 Å². The van der Waals surface area contributed by atoms with Crippen LogP contribution in [0.15, 0.2) is 85.5 Å². The molecule has 2 aliphatic rings. The lowest BCUT2D eigenvalue weighted by Crippen LogP contribution is -2.36. The van der Waals surface area contributed by atoms with Gasteiger partial charge >= 0.3 is 0 Å². The minimum absolute atomic E-state index is 0.387. The Hall–Kier alpha value is -5.63. The number of benzene rings is 4. The van der Waals surface area contributed by atoms with Crippen LogP contribution in [-0.2, 0) is 22.7 Å². The second-order valence-corrected chi connectivity index (χ2v) is 13.1. The quantitative estimate of drug-likeness (QED) is 0.129. The fourth-order valence-corrected chi connectivity index (χ4v) is 6.60. The van der Waals surface area contributed by atoms with Crippen LogP contribution in [-0.4, -0.2) is 93.9 Å². The highest BCUT2D eigenvalue weighted by atomic mass is 35.5. The largest absolute Gasteiger partial charge is 0.497 e. The molecule has 0 unspecified atom stereocenters. The molecule has 0 saturated carbocycles. The molecule has 0 atom stereocenters. The topological polar surface area (TPSA) is 123 Å². The predicted molar refractivity (Wildman–Crippen MR) is 211 cm³/mol. The number of hydrogen-bond donors (Lipinski definition) is 0. The van der Waals surface area contributed by atoms with Gasteiger partial charge < -0.3 is 43.0 Å². The van der Waals surface area contributed by atoms with Crippen molar-refractivity contribution in [1.82, 2.24) is 19.9 Å². The van der Waals surface area contributed by atoms with Crippen molar-refractivity contribution in [2.24, 2.45) is 0 Å². The number of hydrogen-bond acceptors (Lipinski definition) is 13. The monoisotopic (exact) mass is 766 g/mol. The third-order valence-corrected chi connectivity index (χ3v) is 9.63. The summed E-state index contributed by atoms with van der Waals surface area (Å²) in [5.74, 6) is 3.51. The second-order valence-electron chi connectivity index (χ2n) is 12.7. The van der Waals surface area contributed by atoms with E-state index in [1.54, 1.807) is 21.3 Å². The van der Waals surface area contributed by atoms with Crippen LogP contribution >= 0.6 is 11.6 Å². The molecule has 8 rings (SSSR count). The summed E-state index contributed by atoms with van der Waals surface area (Å²) in [6.07, 6.45) is 2.98. The average molecular weight is 767 g/mol. The van der Waals surface area contributed by atoms with E-state index in [1.165, 1.54) is 12.7 Å². The Morgan fingerprint density at radius 3 is 1.49 bits per heavy atom. The second kappa shape index (κ2) is 18.1. The highest BCUT2D eigenvalue weighted by Gasteiger charge is 2.19. The van der Waals surface area contributed by atoms with Crippen LogP contribution in [0.1, 0.15) is 11.1 Å². The Labute approximate surface area is 324 Å². The number of ether oxygens (including phenoxy) is 7. The highest BCUT2D eigenvalue weighted by Crippen LogP contribution is 2.37. The van der Waals surface area contributed by atoms with Gasteiger partial charge in [0.2, 0.25) is 5.88 Å².